The normalized spacial score (nSPS) is 19.5. The van der Waals surface area contributed by atoms with Crippen LogP contribution in [0.4, 0.5) is 0 Å². The molecule has 2 rings (SSSR count). The molecule has 1 aliphatic rings. The van der Waals surface area contributed by atoms with Gasteiger partial charge in [-0.3, -0.25) is 4.98 Å². The van der Waals surface area contributed by atoms with Crippen molar-refractivity contribution in [2.45, 2.75) is 26.7 Å². The van der Waals surface area contributed by atoms with E-state index in [-0.39, 0.29) is 13.5 Å². The van der Waals surface area contributed by atoms with Gasteiger partial charge in [-0.05, 0) is 33.2 Å². The Hall–Kier alpha value is -0.740. The molecule has 1 fully saturated rings. The third kappa shape index (κ3) is 4.56. The average Bonchev–Trinajstić information content (AvgIpc) is 2.27. The number of piperidine rings is 1. The minimum Gasteiger partial charge on any atom is -0.493 e. The second-order valence-electron chi connectivity index (χ2n) is 4.61. The van der Waals surface area contributed by atoms with Crippen LogP contribution in [-0.4, -0.2) is 24.7 Å². The summed E-state index contributed by atoms with van der Waals surface area (Å²) in [6.45, 7) is 7.06. The molecule has 3 nitrogen and oxygen atoms in total. The predicted octanol–water partition coefficient (Wildman–Crippen LogP) is 2.19. The van der Waals surface area contributed by atoms with E-state index in [0.717, 1.165) is 36.8 Å². The highest BCUT2D eigenvalue weighted by Gasteiger charge is 2.13. The zero-order valence-electron chi connectivity index (χ0n) is 10.6. The first-order valence-corrected chi connectivity index (χ1v) is 6.03. The maximum absolute atomic E-state index is 5.83. The van der Waals surface area contributed by atoms with Crippen LogP contribution in [0.3, 0.4) is 0 Å². The Bertz CT molecular complexity index is 331. The number of ether oxygens (including phenoxy) is 1. The van der Waals surface area contributed by atoms with Gasteiger partial charge in [0.05, 0.1) is 6.61 Å². The minimum atomic E-state index is 0. The Morgan fingerprint density at radius 3 is 2.65 bits per heavy atom. The van der Waals surface area contributed by atoms with Crippen molar-refractivity contribution < 1.29 is 4.74 Å². The lowest BCUT2D eigenvalue weighted by molar-refractivity contribution is 0.218. The van der Waals surface area contributed by atoms with Crippen LogP contribution in [0.2, 0.25) is 0 Å². The molecule has 1 N–H and O–H groups in total. The molecule has 1 aliphatic heterocycles. The van der Waals surface area contributed by atoms with E-state index in [0.29, 0.717) is 5.92 Å². The summed E-state index contributed by atoms with van der Waals surface area (Å²) in [5, 5.41) is 3.40. The smallest absolute Gasteiger partial charge is 0.122 e. The van der Waals surface area contributed by atoms with E-state index >= 15 is 0 Å². The van der Waals surface area contributed by atoms with E-state index in [1.807, 2.05) is 26.0 Å². The number of aryl methyl sites for hydroxylation is 2. The molecule has 96 valence electrons. The maximum Gasteiger partial charge on any atom is 0.122 e. The highest BCUT2D eigenvalue weighted by atomic mass is 32.1. The lowest BCUT2D eigenvalue weighted by Crippen LogP contribution is -2.33. The van der Waals surface area contributed by atoms with E-state index in [2.05, 4.69) is 10.3 Å². The molecule has 0 bridgehead atoms. The van der Waals surface area contributed by atoms with Crippen LogP contribution in [-0.2, 0) is 0 Å². The van der Waals surface area contributed by atoms with Gasteiger partial charge in [0.2, 0.25) is 0 Å². The first-order valence-electron chi connectivity index (χ1n) is 6.03. The second kappa shape index (κ2) is 6.87. The van der Waals surface area contributed by atoms with Crippen LogP contribution in [0.15, 0.2) is 12.1 Å². The third-order valence-electron chi connectivity index (χ3n) is 2.94. The van der Waals surface area contributed by atoms with Gasteiger partial charge < -0.3 is 10.1 Å². The van der Waals surface area contributed by atoms with Crippen molar-refractivity contribution >= 4 is 13.5 Å². The molecule has 0 spiro atoms. The number of hydrogen-bond acceptors (Lipinski definition) is 3. The number of nitrogens with one attached hydrogen (secondary N) is 1. The summed E-state index contributed by atoms with van der Waals surface area (Å²) in [6, 6.07) is 4.01. The van der Waals surface area contributed by atoms with Gasteiger partial charge in [-0.2, -0.15) is 13.5 Å². The predicted molar refractivity (Wildman–Crippen MR) is 75.2 cm³/mol. The summed E-state index contributed by atoms with van der Waals surface area (Å²) in [5.41, 5.74) is 2.05. The topological polar surface area (TPSA) is 34.1 Å². The molecule has 0 radical (unpaired) electrons. The van der Waals surface area contributed by atoms with Gasteiger partial charge in [-0.25, -0.2) is 0 Å². The molecule has 0 amide bonds. The van der Waals surface area contributed by atoms with Crippen molar-refractivity contribution in [3.63, 3.8) is 0 Å². The highest BCUT2D eigenvalue weighted by Crippen LogP contribution is 2.16. The van der Waals surface area contributed by atoms with Crippen molar-refractivity contribution in [1.29, 1.82) is 0 Å². The Labute approximate surface area is 110 Å². The molecule has 1 saturated heterocycles. The summed E-state index contributed by atoms with van der Waals surface area (Å²) in [5.74, 6) is 1.61. The van der Waals surface area contributed by atoms with Crippen LogP contribution < -0.4 is 10.1 Å². The lowest BCUT2D eigenvalue weighted by Gasteiger charge is -2.22. The highest BCUT2D eigenvalue weighted by molar-refractivity contribution is 7.59. The van der Waals surface area contributed by atoms with Crippen LogP contribution in [0.25, 0.3) is 0 Å². The van der Waals surface area contributed by atoms with Gasteiger partial charge in [0.25, 0.3) is 0 Å². The molecule has 0 saturated carbocycles. The first kappa shape index (κ1) is 14.3. The Balaban J connectivity index is 0.00000144. The average molecular weight is 254 g/mol. The number of aromatic nitrogens is 1. The summed E-state index contributed by atoms with van der Waals surface area (Å²) in [6.07, 6.45) is 2.54. The molecular formula is C13H22N2OS. The summed E-state index contributed by atoms with van der Waals surface area (Å²) >= 11 is 0. The van der Waals surface area contributed by atoms with Gasteiger partial charge in [-0.1, -0.05) is 0 Å². The molecule has 0 aromatic carbocycles. The molecule has 4 heteroatoms. The summed E-state index contributed by atoms with van der Waals surface area (Å²) < 4.78 is 5.83. The first-order chi connectivity index (χ1) is 7.74. The zero-order valence-corrected chi connectivity index (χ0v) is 11.6. The number of hydrogen-bond donors (Lipinski definition) is 1. The maximum atomic E-state index is 5.83. The van der Waals surface area contributed by atoms with Crippen molar-refractivity contribution in [1.82, 2.24) is 10.3 Å². The molecule has 1 atom stereocenters. The van der Waals surface area contributed by atoms with Gasteiger partial charge in [-0.15, -0.1) is 0 Å². The fourth-order valence-corrected chi connectivity index (χ4v) is 2.16. The van der Waals surface area contributed by atoms with Gasteiger partial charge in [0, 0.05) is 36.0 Å². The number of rotatable bonds is 3. The second-order valence-corrected chi connectivity index (χ2v) is 4.61. The molecule has 2 heterocycles. The van der Waals surface area contributed by atoms with Crippen LogP contribution in [0, 0.1) is 19.8 Å². The molecular weight excluding hydrogens is 232 g/mol. The number of nitrogens with zero attached hydrogens (tertiary/aromatic N) is 1. The lowest BCUT2D eigenvalue weighted by atomic mass is 10.0. The summed E-state index contributed by atoms with van der Waals surface area (Å²) in [7, 11) is 0. The molecule has 1 aromatic rings. The Morgan fingerprint density at radius 1 is 1.35 bits per heavy atom. The van der Waals surface area contributed by atoms with E-state index in [9.17, 15) is 0 Å². The van der Waals surface area contributed by atoms with E-state index in [1.165, 1.54) is 12.8 Å². The fourth-order valence-electron chi connectivity index (χ4n) is 2.16. The van der Waals surface area contributed by atoms with Crippen molar-refractivity contribution in [3.8, 4) is 5.75 Å². The van der Waals surface area contributed by atoms with E-state index in [4.69, 9.17) is 4.74 Å². The standard InChI is InChI=1S/C13H20N2O.H2S/c1-10-6-13(7-11(2)15-10)16-9-12-4-3-5-14-8-12;/h6-7,12,14H,3-5,8-9H2,1-2H3;1H2/t12-;/m0./s1. The van der Waals surface area contributed by atoms with Crippen molar-refractivity contribution in [2.24, 2.45) is 5.92 Å². The Kier molecular flexibility index (Phi) is 5.78. The van der Waals surface area contributed by atoms with E-state index in [1.54, 1.807) is 0 Å². The molecule has 0 aliphatic carbocycles. The van der Waals surface area contributed by atoms with Crippen molar-refractivity contribution in [2.75, 3.05) is 19.7 Å². The van der Waals surface area contributed by atoms with Gasteiger partial charge in [0.1, 0.15) is 5.75 Å². The minimum absolute atomic E-state index is 0. The summed E-state index contributed by atoms with van der Waals surface area (Å²) in [4.78, 5) is 4.34. The zero-order chi connectivity index (χ0) is 11.4. The number of pyridine rings is 1. The van der Waals surface area contributed by atoms with Gasteiger partial charge >= 0.3 is 0 Å². The Morgan fingerprint density at radius 2 is 2.06 bits per heavy atom. The fraction of sp³-hybridized carbons (Fsp3) is 0.615. The van der Waals surface area contributed by atoms with Gasteiger partial charge in [0.15, 0.2) is 0 Å². The molecule has 17 heavy (non-hydrogen) atoms. The van der Waals surface area contributed by atoms with Crippen LogP contribution >= 0.6 is 13.5 Å². The quantitative estimate of drug-likeness (QED) is 0.898. The van der Waals surface area contributed by atoms with Crippen LogP contribution in [0.1, 0.15) is 24.2 Å². The third-order valence-corrected chi connectivity index (χ3v) is 2.94. The van der Waals surface area contributed by atoms with Crippen LogP contribution in [0.5, 0.6) is 5.75 Å². The molecule has 0 unspecified atom stereocenters. The molecule has 1 aromatic heterocycles. The van der Waals surface area contributed by atoms with Crippen molar-refractivity contribution in [3.05, 3.63) is 23.5 Å². The SMILES string of the molecule is Cc1cc(OC[C@H]2CCCNC2)cc(C)n1.S. The monoisotopic (exact) mass is 254 g/mol. The van der Waals surface area contributed by atoms with E-state index < -0.39 is 0 Å². The largest absolute Gasteiger partial charge is 0.493 e.